The van der Waals surface area contributed by atoms with Gasteiger partial charge in [-0.3, -0.25) is 14.4 Å². The highest BCUT2D eigenvalue weighted by atomic mass is 16.2. The molecule has 1 atom stereocenters. The average molecular weight is 391 g/mol. The van der Waals surface area contributed by atoms with Crippen molar-refractivity contribution in [3.63, 3.8) is 0 Å². The highest BCUT2D eigenvalue weighted by Crippen LogP contribution is 2.30. The fraction of sp³-hybridized carbons (Fsp3) is 0.261. The third-order valence-electron chi connectivity index (χ3n) is 4.64. The first-order valence-corrected chi connectivity index (χ1v) is 9.68. The van der Waals surface area contributed by atoms with E-state index in [4.69, 9.17) is 0 Å². The van der Waals surface area contributed by atoms with Gasteiger partial charge in [0.05, 0.1) is 6.04 Å². The van der Waals surface area contributed by atoms with Gasteiger partial charge in [0, 0.05) is 30.3 Å². The van der Waals surface area contributed by atoms with Crippen LogP contribution in [-0.4, -0.2) is 17.7 Å². The van der Waals surface area contributed by atoms with E-state index in [1.807, 2.05) is 43.3 Å². The molecule has 0 saturated heterocycles. The molecular weight excluding hydrogens is 366 g/mol. The molecule has 1 fully saturated rings. The minimum absolute atomic E-state index is 0.0781. The van der Waals surface area contributed by atoms with E-state index in [2.05, 4.69) is 16.0 Å². The summed E-state index contributed by atoms with van der Waals surface area (Å²) in [6.45, 7) is 3.36. The average Bonchev–Trinajstić information content (AvgIpc) is 3.53. The van der Waals surface area contributed by atoms with Gasteiger partial charge in [-0.1, -0.05) is 24.3 Å². The molecule has 0 heterocycles. The molecule has 0 bridgehead atoms. The van der Waals surface area contributed by atoms with Crippen molar-refractivity contribution in [2.24, 2.45) is 5.92 Å². The zero-order chi connectivity index (χ0) is 20.8. The summed E-state index contributed by atoms with van der Waals surface area (Å²) < 4.78 is 0. The van der Waals surface area contributed by atoms with Crippen molar-refractivity contribution >= 4 is 35.2 Å². The summed E-state index contributed by atoms with van der Waals surface area (Å²) in [4.78, 5) is 35.0. The van der Waals surface area contributed by atoms with Crippen LogP contribution in [0.1, 0.15) is 43.9 Å². The van der Waals surface area contributed by atoms with Gasteiger partial charge in [-0.15, -0.1) is 0 Å². The molecule has 0 aliphatic heterocycles. The van der Waals surface area contributed by atoms with Gasteiger partial charge in [0.25, 0.3) is 0 Å². The standard InChI is InChI=1S/C23H25N3O3/c1-15(18-8-12-21(13-9-18)26-23(29)19-6-7-19)24-22(28)14-5-17-3-10-20(11-4-17)25-16(2)27/h3-5,8-15,19H,6-7H2,1-2H3,(H,24,28)(H,25,27)(H,26,29)/b14-5+. The first-order valence-electron chi connectivity index (χ1n) is 9.68. The van der Waals surface area contributed by atoms with E-state index in [-0.39, 0.29) is 29.7 Å². The number of hydrogen-bond acceptors (Lipinski definition) is 3. The smallest absolute Gasteiger partial charge is 0.244 e. The van der Waals surface area contributed by atoms with Crippen molar-refractivity contribution in [3.05, 3.63) is 65.7 Å². The molecule has 3 N–H and O–H groups in total. The number of anilines is 2. The predicted octanol–water partition coefficient (Wildman–Crippen LogP) is 3.88. The summed E-state index contributed by atoms with van der Waals surface area (Å²) in [6, 6.07) is 14.6. The second kappa shape index (κ2) is 9.19. The number of hydrogen-bond donors (Lipinski definition) is 3. The lowest BCUT2D eigenvalue weighted by Crippen LogP contribution is -2.24. The van der Waals surface area contributed by atoms with Gasteiger partial charge in [0.2, 0.25) is 17.7 Å². The fourth-order valence-electron chi connectivity index (χ4n) is 2.84. The van der Waals surface area contributed by atoms with E-state index < -0.39 is 0 Å². The van der Waals surface area contributed by atoms with Gasteiger partial charge in [0.15, 0.2) is 0 Å². The Bertz CT molecular complexity index is 913. The van der Waals surface area contributed by atoms with Crippen LogP contribution in [0.3, 0.4) is 0 Å². The van der Waals surface area contributed by atoms with Crippen LogP contribution in [0.2, 0.25) is 0 Å². The maximum atomic E-state index is 12.2. The number of nitrogens with one attached hydrogen (secondary N) is 3. The predicted molar refractivity (Wildman–Crippen MR) is 114 cm³/mol. The fourth-order valence-corrected chi connectivity index (χ4v) is 2.84. The molecule has 3 amide bonds. The van der Waals surface area contributed by atoms with Gasteiger partial charge in [-0.05, 0) is 61.2 Å². The van der Waals surface area contributed by atoms with E-state index in [9.17, 15) is 14.4 Å². The molecular formula is C23H25N3O3. The third-order valence-corrected chi connectivity index (χ3v) is 4.64. The van der Waals surface area contributed by atoms with Gasteiger partial charge in [-0.2, -0.15) is 0 Å². The number of amides is 3. The maximum Gasteiger partial charge on any atom is 0.244 e. The van der Waals surface area contributed by atoms with Crippen LogP contribution in [-0.2, 0) is 14.4 Å². The second-order valence-electron chi connectivity index (χ2n) is 7.25. The molecule has 1 aliphatic carbocycles. The van der Waals surface area contributed by atoms with E-state index in [0.29, 0.717) is 5.69 Å². The van der Waals surface area contributed by atoms with Gasteiger partial charge < -0.3 is 16.0 Å². The molecule has 29 heavy (non-hydrogen) atoms. The molecule has 1 unspecified atom stereocenters. The maximum absolute atomic E-state index is 12.2. The lowest BCUT2D eigenvalue weighted by Gasteiger charge is -2.14. The second-order valence-corrected chi connectivity index (χ2v) is 7.25. The van der Waals surface area contributed by atoms with E-state index in [0.717, 1.165) is 29.7 Å². The van der Waals surface area contributed by atoms with Crippen LogP contribution in [0.5, 0.6) is 0 Å². The summed E-state index contributed by atoms with van der Waals surface area (Å²) in [5.74, 6) is -0.0786. The molecule has 0 spiro atoms. The Morgan fingerprint density at radius 3 is 2.10 bits per heavy atom. The lowest BCUT2D eigenvalue weighted by atomic mass is 10.1. The molecule has 3 rings (SSSR count). The van der Waals surface area contributed by atoms with E-state index in [1.54, 1.807) is 18.2 Å². The quantitative estimate of drug-likeness (QED) is 0.626. The molecule has 6 nitrogen and oxygen atoms in total. The number of carbonyl (C=O) groups is 3. The number of rotatable bonds is 7. The Hall–Kier alpha value is -3.41. The normalized spacial score (nSPS) is 14.3. The molecule has 0 aromatic heterocycles. The van der Waals surface area contributed by atoms with Crippen LogP contribution in [0, 0.1) is 5.92 Å². The molecule has 6 heteroatoms. The van der Waals surface area contributed by atoms with Crippen LogP contribution in [0.25, 0.3) is 6.08 Å². The molecule has 2 aromatic rings. The summed E-state index contributed by atoms with van der Waals surface area (Å²) >= 11 is 0. The van der Waals surface area contributed by atoms with Gasteiger partial charge in [-0.25, -0.2) is 0 Å². The Kier molecular flexibility index (Phi) is 6.44. The van der Waals surface area contributed by atoms with Crippen LogP contribution in [0.15, 0.2) is 54.6 Å². The Morgan fingerprint density at radius 2 is 1.52 bits per heavy atom. The van der Waals surface area contributed by atoms with Gasteiger partial charge in [0.1, 0.15) is 0 Å². The molecule has 1 aliphatic rings. The molecule has 150 valence electrons. The van der Waals surface area contributed by atoms with Crippen molar-refractivity contribution in [1.82, 2.24) is 5.32 Å². The summed E-state index contributed by atoms with van der Waals surface area (Å²) in [6.07, 6.45) is 5.14. The highest BCUT2D eigenvalue weighted by Gasteiger charge is 2.29. The van der Waals surface area contributed by atoms with Crippen molar-refractivity contribution in [3.8, 4) is 0 Å². The van der Waals surface area contributed by atoms with Crippen molar-refractivity contribution in [1.29, 1.82) is 0 Å². The number of benzene rings is 2. The van der Waals surface area contributed by atoms with Crippen LogP contribution < -0.4 is 16.0 Å². The minimum atomic E-state index is -0.199. The summed E-state index contributed by atoms with van der Waals surface area (Å²) in [5, 5.41) is 8.52. The largest absolute Gasteiger partial charge is 0.346 e. The number of carbonyl (C=O) groups excluding carboxylic acids is 3. The first kappa shape index (κ1) is 20.3. The summed E-state index contributed by atoms with van der Waals surface area (Å²) in [7, 11) is 0. The highest BCUT2D eigenvalue weighted by molar-refractivity contribution is 5.94. The Balaban J connectivity index is 1.50. The van der Waals surface area contributed by atoms with Crippen molar-refractivity contribution in [2.75, 3.05) is 10.6 Å². The first-order chi connectivity index (χ1) is 13.9. The molecule has 0 radical (unpaired) electrons. The van der Waals surface area contributed by atoms with E-state index in [1.165, 1.54) is 13.0 Å². The van der Waals surface area contributed by atoms with E-state index >= 15 is 0 Å². The Labute approximate surface area is 170 Å². The van der Waals surface area contributed by atoms with Crippen molar-refractivity contribution in [2.45, 2.75) is 32.7 Å². The summed E-state index contributed by atoms with van der Waals surface area (Å²) in [5.41, 5.74) is 3.30. The van der Waals surface area contributed by atoms with Crippen LogP contribution in [0.4, 0.5) is 11.4 Å². The Morgan fingerprint density at radius 1 is 0.931 bits per heavy atom. The van der Waals surface area contributed by atoms with Crippen molar-refractivity contribution < 1.29 is 14.4 Å². The third kappa shape index (κ3) is 6.31. The SMILES string of the molecule is CC(=O)Nc1ccc(/C=C/C(=O)NC(C)c2ccc(NC(=O)C3CC3)cc2)cc1. The topological polar surface area (TPSA) is 87.3 Å². The zero-order valence-corrected chi connectivity index (χ0v) is 16.6. The minimum Gasteiger partial charge on any atom is -0.346 e. The van der Waals surface area contributed by atoms with Gasteiger partial charge >= 0.3 is 0 Å². The monoisotopic (exact) mass is 391 g/mol. The molecule has 2 aromatic carbocycles. The zero-order valence-electron chi connectivity index (χ0n) is 16.6. The van der Waals surface area contributed by atoms with Crippen LogP contribution >= 0.6 is 0 Å². The molecule has 1 saturated carbocycles. The lowest BCUT2D eigenvalue weighted by molar-refractivity contribution is -0.118.